The number of carboxylic acids is 1. The van der Waals surface area contributed by atoms with E-state index >= 15 is 0 Å². The fraction of sp³-hybridized carbons (Fsp3) is 0.733. The van der Waals surface area contributed by atoms with E-state index in [1.807, 2.05) is 25.7 Å². The van der Waals surface area contributed by atoms with Gasteiger partial charge in [0.1, 0.15) is 0 Å². The Morgan fingerprint density at radius 1 is 1.45 bits per heavy atom. The molecule has 1 atom stereocenters. The molecule has 5 nitrogen and oxygen atoms in total. The van der Waals surface area contributed by atoms with Gasteiger partial charge in [0.2, 0.25) is 5.91 Å². The van der Waals surface area contributed by atoms with Crippen molar-refractivity contribution in [3.63, 3.8) is 0 Å². The highest BCUT2D eigenvalue weighted by molar-refractivity contribution is 5.79. The molecule has 5 heteroatoms. The first-order chi connectivity index (χ1) is 9.33. The van der Waals surface area contributed by atoms with E-state index in [0.29, 0.717) is 6.42 Å². The van der Waals surface area contributed by atoms with Gasteiger partial charge in [-0.25, -0.2) is 0 Å². The van der Waals surface area contributed by atoms with Crippen LogP contribution in [0, 0.1) is 5.92 Å². The van der Waals surface area contributed by atoms with Crippen LogP contribution in [0.1, 0.15) is 40.0 Å². The number of hydrogen-bond acceptors (Lipinski definition) is 3. The Balaban J connectivity index is 2.32. The number of likely N-dealkylation sites (N-methyl/N-ethyl adjacent to an activating group) is 1. The first-order valence-electron chi connectivity index (χ1n) is 7.24. The summed E-state index contributed by atoms with van der Waals surface area (Å²) in [4.78, 5) is 24.6. The number of nitrogens with zero attached hydrogens (tertiary/aromatic N) is 1. The highest BCUT2D eigenvalue weighted by atomic mass is 16.4. The van der Waals surface area contributed by atoms with Gasteiger partial charge in [0.05, 0.1) is 6.54 Å². The average Bonchev–Trinajstić information content (AvgIpc) is 2.29. The normalized spacial score (nSPS) is 23.0. The Morgan fingerprint density at radius 2 is 2.05 bits per heavy atom. The van der Waals surface area contributed by atoms with Gasteiger partial charge < -0.3 is 10.4 Å². The second-order valence-electron chi connectivity index (χ2n) is 5.85. The van der Waals surface area contributed by atoms with Crippen LogP contribution in [-0.4, -0.2) is 47.1 Å². The van der Waals surface area contributed by atoms with Gasteiger partial charge in [-0.05, 0) is 32.7 Å². The fourth-order valence-electron chi connectivity index (χ4n) is 2.64. The molecule has 2 N–H and O–H groups in total. The summed E-state index contributed by atoms with van der Waals surface area (Å²) in [5.41, 5.74) is 1.01. The van der Waals surface area contributed by atoms with E-state index in [1.165, 1.54) is 0 Å². The van der Waals surface area contributed by atoms with Gasteiger partial charge in [0, 0.05) is 18.0 Å². The zero-order chi connectivity index (χ0) is 15.3. The van der Waals surface area contributed by atoms with Crippen molar-refractivity contribution in [2.75, 3.05) is 13.1 Å². The van der Waals surface area contributed by atoms with Gasteiger partial charge in [-0.1, -0.05) is 19.4 Å². The van der Waals surface area contributed by atoms with Crippen LogP contribution >= 0.6 is 0 Å². The van der Waals surface area contributed by atoms with E-state index in [9.17, 15) is 9.59 Å². The first kappa shape index (κ1) is 16.7. The Labute approximate surface area is 121 Å². The lowest BCUT2D eigenvalue weighted by molar-refractivity contribution is -0.140. The predicted molar refractivity (Wildman–Crippen MR) is 78.4 cm³/mol. The van der Waals surface area contributed by atoms with Crippen molar-refractivity contribution in [1.82, 2.24) is 10.2 Å². The summed E-state index contributed by atoms with van der Waals surface area (Å²) in [5, 5.41) is 11.9. The molecule has 20 heavy (non-hydrogen) atoms. The maximum Gasteiger partial charge on any atom is 0.317 e. The van der Waals surface area contributed by atoms with Crippen LogP contribution < -0.4 is 5.32 Å². The van der Waals surface area contributed by atoms with Crippen LogP contribution in [0.15, 0.2) is 12.2 Å². The minimum Gasteiger partial charge on any atom is -0.480 e. The second kappa shape index (κ2) is 7.43. The Hall–Kier alpha value is -1.36. The molecule has 0 aromatic carbocycles. The van der Waals surface area contributed by atoms with Gasteiger partial charge in [-0.2, -0.15) is 0 Å². The molecule has 0 aromatic heterocycles. The maximum absolute atomic E-state index is 11.9. The van der Waals surface area contributed by atoms with Gasteiger partial charge in [0.25, 0.3) is 0 Å². The van der Waals surface area contributed by atoms with E-state index in [1.54, 1.807) is 0 Å². The van der Waals surface area contributed by atoms with Gasteiger partial charge in [-0.3, -0.25) is 14.5 Å². The third kappa shape index (κ3) is 4.96. The number of allylic oxidation sites excluding steroid dienone is 1. The third-order valence-electron chi connectivity index (χ3n) is 3.82. The van der Waals surface area contributed by atoms with Crippen molar-refractivity contribution in [3.05, 3.63) is 12.2 Å². The van der Waals surface area contributed by atoms with Crippen molar-refractivity contribution >= 4 is 11.9 Å². The van der Waals surface area contributed by atoms with E-state index in [4.69, 9.17) is 5.11 Å². The van der Waals surface area contributed by atoms with Crippen LogP contribution in [0.5, 0.6) is 0 Å². The minimum atomic E-state index is -0.797. The number of hydrogen-bond donors (Lipinski definition) is 2. The lowest BCUT2D eigenvalue weighted by atomic mass is 9.85. The molecule has 0 heterocycles. The average molecular weight is 282 g/mol. The number of aliphatic carboxylic acids is 1. The highest BCUT2D eigenvalue weighted by Crippen LogP contribution is 2.26. The Morgan fingerprint density at radius 3 is 2.50 bits per heavy atom. The van der Waals surface area contributed by atoms with Crippen molar-refractivity contribution in [2.24, 2.45) is 5.92 Å². The van der Waals surface area contributed by atoms with Crippen LogP contribution in [0.2, 0.25) is 0 Å². The van der Waals surface area contributed by atoms with Crippen LogP contribution in [0.4, 0.5) is 0 Å². The van der Waals surface area contributed by atoms with Crippen molar-refractivity contribution in [3.8, 4) is 0 Å². The molecule has 114 valence electrons. The van der Waals surface area contributed by atoms with E-state index in [2.05, 4.69) is 11.9 Å². The maximum atomic E-state index is 11.9. The summed E-state index contributed by atoms with van der Waals surface area (Å²) in [6.07, 6.45) is 2.39. The molecule has 1 aliphatic rings. The molecule has 0 bridgehead atoms. The minimum absolute atomic E-state index is 0.0483. The number of nitrogens with one attached hydrogen (secondary N) is 1. The topological polar surface area (TPSA) is 69.6 Å². The zero-order valence-corrected chi connectivity index (χ0v) is 12.7. The van der Waals surface area contributed by atoms with Crippen molar-refractivity contribution < 1.29 is 14.7 Å². The number of rotatable bonds is 8. The van der Waals surface area contributed by atoms with Gasteiger partial charge in [0.15, 0.2) is 0 Å². The fourth-order valence-corrected chi connectivity index (χ4v) is 2.64. The molecule has 1 amide bonds. The summed E-state index contributed by atoms with van der Waals surface area (Å²) < 4.78 is 0. The van der Waals surface area contributed by atoms with Crippen LogP contribution in [-0.2, 0) is 9.59 Å². The molecule has 1 unspecified atom stereocenters. The summed E-state index contributed by atoms with van der Waals surface area (Å²) in [5.74, 6) is -0.778. The molecule has 1 fully saturated rings. The van der Waals surface area contributed by atoms with E-state index < -0.39 is 5.97 Å². The zero-order valence-electron chi connectivity index (χ0n) is 12.7. The summed E-state index contributed by atoms with van der Waals surface area (Å²) in [7, 11) is 0. The molecule has 0 spiro atoms. The molecule has 1 saturated carbocycles. The van der Waals surface area contributed by atoms with E-state index in [-0.39, 0.29) is 30.5 Å². The van der Waals surface area contributed by atoms with Crippen LogP contribution in [0.3, 0.4) is 0 Å². The second-order valence-corrected chi connectivity index (χ2v) is 5.85. The monoisotopic (exact) mass is 282 g/mol. The smallest absolute Gasteiger partial charge is 0.317 e. The lowest BCUT2D eigenvalue weighted by Crippen LogP contribution is -2.55. The molecule has 1 aliphatic carbocycles. The predicted octanol–water partition coefficient (Wildman–Crippen LogP) is 1.64. The first-order valence-corrected chi connectivity index (χ1v) is 7.24. The Bertz CT molecular complexity index is 375. The lowest BCUT2D eigenvalue weighted by Gasteiger charge is -2.42. The van der Waals surface area contributed by atoms with Crippen molar-refractivity contribution in [1.29, 1.82) is 0 Å². The molecule has 0 aromatic rings. The quantitative estimate of drug-likeness (QED) is 0.664. The van der Waals surface area contributed by atoms with Gasteiger partial charge >= 0.3 is 5.97 Å². The largest absolute Gasteiger partial charge is 0.480 e. The summed E-state index contributed by atoms with van der Waals surface area (Å²) in [6.45, 7) is 10.4. The SMILES string of the molecule is C=C(C)CC(C)C(=O)NC1CC(N(CC)CC(=O)O)C1. The van der Waals surface area contributed by atoms with Crippen molar-refractivity contribution in [2.45, 2.75) is 52.1 Å². The van der Waals surface area contributed by atoms with E-state index in [0.717, 1.165) is 25.0 Å². The molecule has 1 rings (SSSR count). The number of amides is 1. The summed E-state index contributed by atoms with van der Waals surface area (Å²) in [6, 6.07) is 0.459. The van der Waals surface area contributed by atoms with Gasteiger partial charge in [-0.15, -0.1) is 6.58 Å². The number of carbonyl (C=O) groups is 2. The highest BCUT2D eigenvalue weighted by Gasteiger charge is 2.35. The molecule has 0 saturated heterocycles. The number of carboxylic acid groups (broad SMARTS) is 1. The third-order valence-corrected chi connectivity index (χ3v) is 3.82. The Kier molecular flexibility index (Phi) is 6.20. The molecular formula is C15H26N2O3. The van der Waals surface area contributed by atoms with Crippen LogP contribution in [0.25, 0.3) is 0 Å². The molecule has 0 aliphatic heterocycles. The molecular weight excluding hydrogens is 256 g/mol. The standard InChI is InChI=1S/C15H26N2O3/c1-5-17(9-14(18)19)13-7-12(8-13)16-15(20)11(4)6-10(2)3/h11-13H,2,5-9H2,1,3-4H3,(H,16,20)(H,18,19). The molecule has 0 radical (unpaired) electrons. The summed E-state index contributed by atoms with van der Waals surface area (Å²) >= 11 is 0. The number of carbonyl (C=O) groups excluding carboxylic acids is 1.